The van der Waals surface area contributed by atoms with Crippen LogP contribution in [0.4, 0.5) is 5.69 Å². The number of carbonyl (C=O) groups excluding carboxylic acids is 1. The lowest BCUT2D eigenvalue weighted by molar-refractivity contribution is 0.0505. The molecule has 0 aromatic heterocycles. The molecule has 116 valence electrons. The van der Waals surface area contributed by atoms with E-state index in [1.807, 2.05) is 43.0 Å². The van der Waals surface area contributed by atoms with Crippen LogP contribution in [0.2, 0.25) is 0 Å². The molecule has 1 atom stereocenters. The Labute approximate surface area is 131 Å². The molecule has 0 aliphatic carbocycles. The Bertz CT molecular complexity index is 470. The van der Waals surface area contributed by atoms with Crippen LogP contribution in [0.5, 0.6) is 0 Å². The van der Waals surface area contributed by atoms with Crippen molar-refractivity contribution < 1.29 is 9.53 Å². The minimum absolute atomic E-state index is 0.239. The lowest BCUT2D eigenvalue weighted by atomic mass is 9.82. The number of ether oxygens (including phenoxy) is 1. The molecule has 3 nitrogen and oxygen atoms in total. The van der Waals surface area contributed by atoms with Gasteiger partial charge in [-0.05, 0) is 48.3 Å². The highest BCUT2D eigenvalue weighted by molar-refractivity contribution is 7.99. The third-order valence-corrected chi connectivity index (χ3v) is 5.08. The van der Waals surface area contributed by atoms with Crippen LogP contribution in [0.1, 0.15) is 44.0 Å². The van der Waals surface area contributed by atoms with Gasteiger partial charge in [0.15, 0.2) is 0 Å². The Hall–Kier alpha value is -1.16. The molecule has 2 rings (SSSR count). The Morgan fingerprint density at radius 3 is 2.71 bits per heavy atom. The zero-order chi connectivity index (χ0) is 15.3. The van der Waals surface area contributed by atoms with Crippen LogP contribution < -0.4 is 5.32 Å². The number of anilines is 1. The van der Waals surface area contributed by atoms with Gasteiger partial charge in [-0.3, -0.25) is 0 Å². The summed E-state index contributed by atoms with van der Waals surface area (Å²) in [5.74, 6) is 2.14. The first-order valence-electron chi connectivity index (χ1n) is 7.64. The van der Waals surface area contributed by atoms with E-state index in [1.165, 1.54) is 12.2 Å². The highest BCUT2D eigenvalue weighted by Gasteiger charge is 2.32. The highest BCUT2D eigenvalue weighted by Crippen LogP contribution is 2.35. The largest absolute Gasteiger partial charge is 0.462 e. The molecule has 1 N–H and O–H groups in total. The summed E-state index contributed by atoms with van der Waals surface area (Å²) >= 11 is 2.01. The SMILES string of the molecule is CCCOC(=O)c1ccc(NC2CSCCC2(C)C)cc1. The van der Waals surface area contributed by atoms with Gasteiger partial charge in [0, 0.05) is 17.5 Å². The lowest BCUT2D eigenvalue weighted by Crippen LogP contribution is -2.41. The van der Waals surface area contributed by atoms with Crippen molar-refractivity contribution in [3.05, 3.63) is 29.8 Å². The van der Waals surface area contributed by atoms with Crippen LogP contribution in [0.3, 0.4) is 0 Å². The van der Waals surface area contributed by atoms with Crippen LogP contribution >= 0.6 is 11.8 Å². The van der Waals surface area contributed by atoms with Crippen molar-refractivity contribution in [1.29, 1.82) is 0 Å². The summed E-state index contributed by atoms with van der Waals surface area (Å²) in [6.45, 7) is 7.11. The summed E-state index contributed by atoms with van der Waals surface area (Å²) < 4.78 is 5.14. The molecule has 1 aromatic rings. The van der Waals surface area contributed by atoms with E-state index in [0.717, 1.165) is 17.9 Å². The van der Waals surface area contributed by atoms with Gasteiger partial charge in [-0.15, -0.1) is 0 Å². The number of carbonyl (C=O) groups is 1. The van der Waals surface area contributed by atoms with Gasteiger partial charge in [0.05, 0.1) is 12.2 Å². The maximum atomic E-state index is 11.8. The molecular weight excluding hydrogens is 282 g/mol. The van der Waals surface area contributed by atoms with E-state index in [1.54, 1.807) is 0 Å². The van der Waals surface area contributed by atoms with Crippen molar-refractivity contribution >= 4 is 23.4 Å². The molecule has 1 saturated heterocycles. The fraction of sp³-hybridized carbons (Fsp3) is 0.588. The first kappa shape index (κ1) is 16.2. The smallest absolute Gasteiger partial charge is 0.338 e. The normalized spacial score (nSPS) is 20.8. The zero-order valence-corrected chi connectivity index (χ0v) is 14.0. The van der Waals surface area contributed by atoms with Gasteiger partial charge in [0.25, 0.3) is 0 Å². The van der Waals surface area contributed by atoms with Crippen LogP contribution in [-0.4, -0.2) is 30.1 Å². The quantitative estimate of drug-likeness (QED) is 0.828. The molecule has 4 heteroatoms. The molecule has 1 fully saturated rings. The van der Waals surface area contributed by atoms with Crippen molar-refractivity contribution in [2.75, 3.05) is 23.4 Å². The molecule has 0 amide bonds. The van der Waals surface area contributed by atoms with E-state index in [9.17, 15) is 4.79 Å². The second-order valence-electron chi connectivity index (χ2n) is 6.22. The van der Waals surface area contributed by atoms with Crippen LogP contribution in [0.25, 0.3) is 0 Å². The number of thioether (sulfide) groups is 1. The van der Waals surface area contributed by atoms with Gasteiger partial charge in [-0.1, -0.05) is 20.8 Å². The average Bonchev–Trinajstić information content (AvgIpc) is 2.47. The topological polar surface area (TPSA) is 38.3 Å². The van der Waals surface area contributed by atoms with Gasteiger partial charge >= 0.3 is 5.97 Å². The van der Waals surface area contributed by atoms with E-state index >= 15 is 0 Å². The van der Waals surface area contributed by atoms with Gasteiger partial charge in [0.1, 0.15) is 0 Å². The Morgan fingerprint density at radius 2 is 2.10 bits per heavy atom. The van der Waals surface area contributed by atoms with E-state index in [4.69, 9.17) is 4.74 Å². The molecular formula is C17H25NO2S. The molecule has 1 unspecified atom stereocenters. The van der Waals surface area contributed by atoms with Crippen molar-refractivity contribution in [3.63, 3.8) is 0 Å². The van der Waals surface area contributed by atoms with Crippen molar-refractivity contribution in [2.45, 2.75) is 39.7 Å². The number of esters is 1. The number of rotatable bonds is 5. The van der Waals surface area contributed by atoms with Crippen molar-refractivity contribution in [3.8, 4) is 0 Å². The maximum absolute atomic E-state index is 11.8. The number of hydrogen-bond donors (Lipinski definition) is 1. The summed E-state index contributed by atoms with van der Waals surface area (Å²) in [6, 6.07) is 8.08. The van der Waals surface area contributed by atoms with Crippen molar-refractivity contribution in [2.24, 2.45) is 5.41 Å². The third kappa shape index (κ3) is 4.40. The molecule has 0 radical (unpaired) electrons. The fourth-order valence-corrected chi connectivity index (χ4v) is 3.96. The number of hydrogen-bond acceptors (Lipinski definition) is 4. The molecule has 0 saturated carbocycles. The summed E-state index contributed by atoms with van der Waals surface area (Å²) in [5, 5.41) is 3.61. The molecule has 1 aliphatic rings. The lowest BCUT2D eigenvalue weighted by Gasteiger charge is -2.39. The summed E-state index contributed by atoms with van der Waals surface area (Å²) in [5.41, 5.74) is 2.00. The van der Waals surface area contributed by atoms with E-state index in [-0.39, 0.29) is 5.97 Å². The Morgan fingerprint density at radius 1 is 1.38 bits per heavy atom. The minimum Gasteiger partial charge on any atom is -0.462 e. The van der Waals surface area contributed by atoms with E-state index in [2.05, 4.69) is 19.2 Å². The van der Waals surface area contributed by atoms with E-state index in [0.29, 0.717) is 23.6 Å². The molecule has 1 heterocycles. The minimum atomic E-state index is -0.239. The highest BCUT2D eigenvalue weighted by atomic mass is 32.2. The first-order valence-corrected chi connectivity index (χ1v) is 8.80. The Kier molecular flexibility index (Phi) is 5.57. The van der Waals surface area contributed by atoms with E-state index < -0.39 is 0 Å². The molecule has 0 bridgehead atoms. The maximum Gasteiger partial charge on any atom is 0.338 e. The standard InChI is InChI=1S/C17H25NO2S/c1-4-10-20-16(19)13-5-7-14(8-6-13)18-15-12-21-11-9-17(15,2)3/h5-8,15,18H,4,9-12H2,1-3H3. The summed E-state index contributed by atoms with van der Waals surface area (Å²) in [4.78, 5) is 11.8. The monoisotopic (exact) mass is 307 g/mol. The second kappa shape index (κ2) is 7.21. The number of benzene rings is 1. The summed E-state index contributed by atoms with van der Waals surface area (Å²) in [7, 11) is 0. The molecule has 1 aromatic carbocycles. The molecule has 1 aliphatic heterocycles. The van der Waals surface area contributed by atoms with Gasteiger partial charge in [-0.25, -0.2) is 4.79 Å². The zero-order valence-electron chi connectivity index (χ0n) is 13.1. The van der Waals surface area contributed by atoms with Gasteiger partial charge < -0.3 is 10.1 Å². The first-order chi connectivity index (χ1) is 10.0. The van der Waals surface area contributed by atoms with Crippen LogP contribution in [0.15, 0.2) is 24.3 Å². The number of nitrogens with one attached hydrogen (secondary N) is 1. The molecule has 0 spiro atoms. The predicted octanol–water partition coefficient (Wildman–Crippen LogP) is 4.20. The average molecular weight is 307 g/mol. The van der Waals surface area contributed by atoms with Crippen molar-refractivity contribution in [1.82, 2.24) is 0 Å². The van der Waals surface area contributed by atoms with Crippen LogP contribution in [0, 0.1) is 5.41 Å². The fourth-order valence-electron chi connectivity index (χ4n) is 2.36. The third-order valence-electron chi connectivity index (χ3n) is 4.02. The second-order valence-corrected chi connectivity index (χ2v) is 7.37. The van der Waals surface area contributed by atoms with Gasteiger partial charge in [0.2, 0.25) is 0 Å². The van der Waals surface area contributed by atoms with Gasteiger partial charge in [-0.2, -0.15) is 11.8 Å². The molecule has 21 heavy (non-hydrogen) atoms. The predicted molar refractivity (Wildman–Crippen MR) is 90.1 cm³/mol. The Balaban J connectivity index is 1.97. The van der Waals surface area contributed by atoms with Crippen LogP contribution in [-0.2, 0) is 4.74 Å². The summed E-state index contributed by atoms with van der Waals surface area (Å²) in [6.07, 6.45) is 2.08.